The van der Waals surface area contributed by atoms with Crippen LogP contribution in [0.4, 0.5) is 0 Å². The highest BCUT2D eigenvalue weighted by Gasteiger charge is 2.04. The molecule has 1 heteroatoms. The Morgan fingerprint density at radius 1 is 1.09 bits per heavy atom. The molecule has 0 radical (unpaired) electrons. The van der Waals surface area contributed by atoms with Crippen LogP contribution in [0.3, 0.4) is 0 Å². The van der Waals surface area contributed by atoms with Crippen LogP contribution < -0.4 is 0 Å². The van der Waals surface area contributed by atoms with Crippen LogP contribution in [0.5, 0.6) is 0 Å². The van der Waals surface area contributed by atoms with Gasteiger partial charge in [0.05, 0.1) is 6.10 Å². The second-order valence-corrected chi connectivity index (χ2v) is 2.82. The van der Waals surface area contributed by atoms with E-state index >= 15 is 0 Å². The fourth-order valence-electron chi connectivity index (χ4n) is 0.496. The van der Waals surface area contributed by atoms with Gasteiger partial charge in [-0.1, -0.05) is 34.6 Å². The third-order valence-corrected chi connectivity index (χ3v) is 1.52. The van der Waals surface area contributed by atoms with Crippen molar-refractivity contribution in [1.29, 1.82) is 0 Å². The lowest BCUT2D eigenvalue weighted by Crippen LogP contribution is -2.15. The third kappa shape index (κ3) is 9.96. The lowest BCUT2D eigenvalue weighted by atomic mass is 10.1. The summed E-state index contributed by atoms with van der Waals surface area (Å²) in [6.45, 7) is 13.5. The Labute approximate surface area is 72.1 Å². The van der Waals surface area contributed by atoms with Gasteiger partial charge in [0.2, 0.25) is 0 Å². The second kappa shape index (κ2) is 9.96. The molecule has 0 fully saturated rings. The Bertz CT molecular complexity index is 59.9. The summed E-state index contributed by atoms with van der Waals surface area (Å²) in [5, 5.41) is 0. The van der Waals surface area contributed by atoms with Crippen molar-refractivity contribution in [2.75, 3.05) is 6.61 Å². The summed E-state index contributed by atoms with van der Waals surface area (Å²) < 4.78 is 5.45. The molecule has 0 rings (SSSR count). The van der Waals surface area contributed by atoms with E-state index in [1.165, 1.54) is 0 Å². The molecular formula is C10H24O. The molecule has 0 amide bonds. The molecule has 1 unspecified atom stereocenters. The summed E-state index contributed by atoms with van der Waals surface area (Å²) in [5.74, 6) is 0.650. The predicted octanol–water partition coefficient (Wildman–Crippen LogP) is 3.48. The Hall–Kier alpha value is -0.0400. The van der Waals surface area contributed by atoms with Crippen LogP contribution in [0.2, 0.25) is 0 Å². The minimum Gasteiger partial charge on any atom is -0.378 e. The van der Waals surface area contributed by atoms with Gasteiger partial charge in [-0.25, -0.2) is 0 Å². The summed E-state index contributed by atoms with van der Waals surface area (Å²) in [7, 11) is 0. The average molecular weight is 160 g/mol. The number of hydrogen-bond acceptors (Lipinski definition) is 1. The highest BCUT2D eigenvalue weighted by Crippen LogP contribution is 2.04. The Balaban J connectivity index is 0. The number of ether oxygens (including phenoxy) is 1. The topological polar surface area (TPSA) is 9.23 Å². The predicted molar refractivity (Wildman–Crippen MR) is 51.9 cm³/mol. The molecule has 0 saturated carbocycles. The largest absolute Gasteiger partial charge is 0.378 e. The molecule has 0 aliphatic carbocycles. The van der Waals surface area contributed by atoms with Crippen molar-refractivity contribution in [3.05, 3.63) is 0 Å². The molecule has 0 saturated heterocycles. The van der Waals surface area contributed by atoms with Gasteiger partial charge in [-0.3, -0.25) is 0 Å². The van der Waals surface area contributed by atoms with E-state index in [0.717, 1.165) is 13.0 Å². The molecule has 0 heterocycles. The maximum Gasteiger partial charge on any atom is 0.0569 e. The van der Waals surface area contributed by atoms with E-state index in [2.05, 4.69) is 27.7 Å². The van der Waals surface area contributed by atoms with Crippen molar-refractivity contribution in [2.45, 2.75) is 54.1 Å². The van der Waals surface area contributed by atoms with Gasteiger partial charge < -0.3 is 4.74 Å². The van der Waals surface area contributed by atoms with Gasteiger partial charge in [0, 0.05) is 6.61 Å². The van der Waals surface area contributed by atoms with Crippen molar-refractivity contribution in [3.8, 4) is 0 Å². The van der Waals surface area contributed by atoms with Crippen LogP contribution in [0.25, 0.3) is 0 Å². The SMILES string of the molecule is CC.CCCOC(C)C(C)C. The van der Waals surface area contributed by atoms with E-state index in [1.807, 2.05) is 13.8 Å². The van der Waals surface area contributed by atoms with Gasteiger partial charge in [0.15, 0.2) is 0 Å². The molecule has 0 aromatic carbocycles. The Morgan fingerprint density at radius 3 is 1.82 bits per heavy atom. The lowest BCUT2D eigenvalue weighted by Gasteiger charge is -2.15. The van der Waals surface area contributed by atoms with E-state index in [4.69, 9.17) is 4.74 Å². The zero-order valence-corrected chi connectivity index (χ0v) is 8.98. The quantitative estimate of drug-likeness (QED) is 0.611. The maximum atomic E-state index is 5.45. The van der Waals surface area contributed by atoms with Gasteiger partial charge >= 0.3 is 0 Å². The molecular weight excluding hydrogens is 136 g/mol. The molecule has 70 valence electrons. The van der Waals surface area contributed by atoms with E-state index < -0.39 is 0 Å². The molecule has 1 nitrogen and oxygen atoms in total. The Kier molecular flexibility index (Phi) is 12.3. The van der Waals surface area contributed by atoms with E-state index in [9.17, 15) is 0 Å². The molecule has 0 bridgehead atoms. The summed E-state index contributed by atoms with van der Waals surface area (Å²) >= 11 is 0. The highest BCUT2D eigenvalue weighted by molar-refractivity contribution is 4.53. The van der Waals surface area contributed by atoms with Crippen LogP contribution >= 0.6 is 0 Å². The normalized spacial score (nSPS) is 12.3. The van der Waals surface area contributed by atoms with Crippen LogP contribution in [0.15, 0.2) is 0 Å². The molecule has 0 aromatic rings. The lowest BCUT2D eigenvalue weighted by molar-refractivity contribution is 0.0359. The summed E-state index contributed by atoms with van der Waals surface area (Å²) in [4.78, 5) is 0. The summed E-state index contributed by atoms with van der Waals surface area (Å²) in [6.07, 6.45) is 1.54. The van der Waals surface area contributed by atoms with E-state index in [-0.39, 0.29) is 0 Å². The standard InChI is InChI=1S/C8H18O.C2H6/c1-5-6-9-8(4)7(2)3;1-2/h7-8H,5-6H2,1-4H3;1-2H3. The first-order chi connectivity index (χ1) is 5.18. The van der Waals surface area contributed by atoms with Gasteiger partial charge in [-0.05, 0) is 19.3 Å². The molecule has 0 aromatic heterocycles. The van der Waals surface area contributed by atoms with Gasteiger partial charge in [0.1, 0.15) is 0 Å². The minimum absolute atomic E-state index is 0.421. The first kappa shape index (κ1) is 13.5. The molecule has 0 aliphatic rings. The number of hydrogen-bond donors (Lipinski definition) is 0. The third-order valence-electron chi connectivity index (χ3n) is 1.52. The zero-order chi connectivity index (χ0) is 9.28. The molecule has 1 atom stereocenters. The summed E-state index contributed by atoms with van der Waals surface area (Å²) in [5.41, 5.74) is 0. The van der Waals surface area contributed by atoms with E-state index in [0.29, 0.717) is 12.0 Å². The smallest absolute Gasteiger partial charge is 0.0569 e. The van der Waals surface area contributed by atoms with Crippen LogP contribution in [0.1, 0.15) is 48.0 Å². The van der Waals surface area contributed by atoms with Crippen molar-refractivity contribution in [3.63, 3.8) is 0 Å². The monoisotopic (exact) mass is 160 g/mol. The molecule has 11 heavy (non-hydrogen) atoms. The van der Waals surface area contributed by atoms with Crippen LogP contribution in [-0.2, 0) is 4.74 Å². The number of rotatable bonds is 4. The summed E-state index contributed by atoms with van der Waals surface area (Å²) in [6, 6.07) is 0. The fourth-order valence-corrected chi connectivity index (χ4v) is 0.496. The molecule has 0 aliphatic heterocycles. The average Bonchev–Trinajstić information content (AvgIpc) is 2.03. The van der Waals surface area contributed by atoms with Crippen molar-refractivity contribution < 1.29 is 4.74 Å². The first-order valence-corrected chi connectivity index (χ1v) is 4.80. The highest BCUT2D eigenvalue weighted by atomic mass is 16.5. The van der Waals surface area contributed by atoms with E-state index in [1.54, 1.807) is 0 Å². The fraction of sp³-hybridized carbons (Fsp3) is 1.00. The van der Waals surface area contributed by atoms with Crippen molar-refractivity contribution >= 4 is 0 Å². The van der Waals surface area contributed by atoms with Gasteiger partial charge in [-0.15, -0.1) is 0 Å². The zero-order valence-electron chi connectivity index (χ0n) is 8.98. The Morgan fingerprint density at radius 2 is 1.55 bits per heavy atom. The molecule has 0 N–H and O–H groups in total. The second-order valence-electron chi connectivity index (χ2n) is 2.82. The van der Waals surface area contributed by atoms with Crippen molar-refractivity contribution in [2.24, 2.45) is 5.92 Å². The van der Waals surface area contributed by atoms with Crippen molar-refractivity contribution in [1.82, 2.24) is 0 Å². The van der Waals surface area contributed by atoms with Crippen LogP contribution in [0, 0.1) is 5.92 Å². The van der Waals surface area contributed by atoms with Gasteiger partial charge in [-0.2, -0.15) is 0 Å². The van der Waals surface area contributed by atoms with Crippen LogP contribution in [-0.4, -0.2) is 12.7 Å². The molecule has 0 spiro atoms. The maximum absolute atomic E-state index is 5.45. The minimum atomic E-state index is 0.421. The first-order valence-electron chi connectivity index (χ1n) is 4.80. The van der Waals surface area contributed by atoms with Gasteiger partial charge in [0.25, 0.3) is 0 Å².